The molecule has 0 saturated carbocycles. The van der Waals surface area contributed by atoms with Gasteiger partial charge in [-0.1, -0.05) is 0 Å². The van der Waals surface area contributed by atoms with E-state index in [2.05, 4.69) is 31.9 Å². The van der Waals surface area contributed by atoms with Gasteiger partial charge in [-0.25, -0.2) is 0 Å². The number of nitrogens with zero attached hydrogens (tertiary/aromatic N) is 4. The Morgan fingerprint density at radius 2 is 1.55 bits per heavy atom. The molecule has 0 saturated heterocycles. The molecule has 216 valence electrons. The van der Waals surface area contributed by atoms with Gasteiger partial charge < -0.3 is 0 Å². The number of unbranched alkanes of at least 4 members (excludes halogenated alkanes) is 3. The molecule has 1 aliphatic rings. The van der Waals surface area contributed by atoms with Crippen LogP contribution in [0, 0.1) is 0 Å². The number of carbonyl (C=O) groups excluding carboxylic acids is 1. The van der Waals surface area contributed by atoms with Gasteiger partial charge in [-0.3, -0.25) is 0 Å². The first kappa shape index (κ1) is 30.6. The summed E-state index contributed by atoms with van der Waals surface area (Å²) in [6, 6.07) is 8.90. The second-order valence-electron chi connectivity index (χ2n) is 11.2. The Hall–Kier alpha value is -2.36. The first-order chi connectivity index (χ1) is 19.1. The predicted octanol–water partition coefficient (Wildman–Crippen LogP) is 8.24. The molecule has 1 atom stereocenters. The summed E-state index contributed by atoms with van der Waals surface area (Å²) < 4.78 is 46.3. The summed E-state index contributed by atoms with van der Waals surface area (Å²) in [6.07, 6.45) is 6.48. The average molecular weight is 661 g/mol. The Bertz CT molecular complexity index is 1270. The van der Waals surface area contributed by atoms with Gasteiger partial charge in [-0.2, -0.15) is 13.2 Å². The molecular weight excluding hydrogens is 620 g/mol. The maximum absolute atomic E-state index is 13.8. The summed E-state index contributed by atoms with van der Waals surface area (Å²) in [5.74, 6) is -0.249. The van der Waals surface area contributed by atoms with Crippen LogP contribution in [0.2, 0.25) is 13.3 Å². The molecule has 1 aromatic carbocycles. The second kappa shape index (κ2) is 13.1. The van der Waals surface area contributed by atoms with Crippen molar-refractivity contribution in [3.63, 3.8) is 0 Å². The summed E-state index contributed by atoms with van der Waals surface area (Å²) in [7, 11) is 0. The van der Waals surface area contributed by atoms with Crippen molar-refractivity contribution in [2.45, 2.75) is 91.7 Å². The number of benzene rings is 1. The Morgan fingerprint density at radius 1 is 0.950 bits per heavy atom. The van der Waals surface area contributed by atoms with Crippen LogP contribution in [0.4, 0.5) is 18.9 Å². The van der Waals surface area contributed by atoms with Gasteiger partial charge in [0.1, 0.15) is 0 Å². The number of aromatic nitrogens is 3. The van der Waals surface area contributed by atoms with Crippen LogP contribution in [-0.4, -0.2) is 45.6 Å². The number of carbonyl (C=O) groups is 1. The van der Waals surface area contributed by atoms with Gasteiger partial charge in [-0.15, -0.1) is 0 Å². The number of pyridine rings is 1. The molecule has 9 heteroatoms. The van der Waals surface area contributed by atoms with Gasteiger partial charge in [0.25, 0.3) is 0 Å². The second-order valence-corrected chi connectivity index (χ2v) is 24.2. The van der Waals surface area contributed by atoms with Crippen LogP contribution < -0.4 is 8.61 Å². The third kappa shape index (κ3) is 6.42. The fraction of sp³-hybridized carbons (Fsp3) is 0.516. The molecular formula is C31H41F3N4OSn. The van der Waals surface area contributed by atoms with Gasteiger partial charge in [0, 0.05) is 0 Å². The van der Waals surface area contributed by atoms with E-state index in [9.17, 15) is 18.0 Å². The molecule has 4 rings (SSSR count). The molecule has 0 fully saturated rings. The van der Waals surface area contributed by atoms with Crippen molar-refractivity contribution in [3.8, 4) is 11.1 Å². The quantitative estimate of drug-likeness (QED) is 0.184. The van der Waals surface area contributed by atoms with Crippen LogP contribution in [0.15, 0.2) is 48.8 Å². The Balaban J connectivity index is 1.73. The molecule has 5 nitrogen and oxygen atoms in total. The zero-order valence-corrected chi connectivity index (χ0v) is 27.0. The van der Waals surface area contributed by atoms with E-state index in [0.29, 0.717) is 17.9 Å². The maximum atomic E-state index is 13.8. The van der Waals surface area contributed by atoms with Crippen LogP contribution in [0.1, 0.15) is 88.3 Å². The molecule has 3 aromatic rings. The van der Waals surface area contributed by atoms with Gasteiger partial charge >= 0.3 is 228 Å². The SMILES string of the molecule is CCC[CH2][Sn]([CH2]CCC)([CH2]CCC)[c]1cc(-c2cnn3c2C(=O)N(c2ccc(C(F)(F)F)cc2)C[C@@H]3C)ccn1. The van der Waals surface area contributed by atoms with E-state index in [1.165, 1.54) is 67.7 Å². The first-order valence-electron chi connectivity index (χ1n) is 14.7. The number of fused-ring (bicyclic) bond motifs is 1. The van der Waals surface area contributed by atoms with Crippen molar-refractivity contribution in [2.75, 3.05) is 11.4 Å². The molecule has 2 aromatic heterocycles. The van der Waals surface area contributed by atoms with Gasteiger partial charge in [0.15, 0.2) is 0 Å². The van der Waals surface area contributed by atoms with Crippen molar-refractivity contribution < 1.29 is 18.0 Å². The predicted molar refractivity (Wildman–Crippen MR) is 158 cm³/mol. The standard InChI is InChI=1S/C19H14F3N4O.3C4H9.Sn/c1-12-11-25(15-4-2-14(3-5-15)19(20,21)22)18(27)17-16(10-24-26(12)17)13-6-8-23-9-7-13;3*1-3-4-2;/h2-8,10,12H,11H2,1H3;3*1,3-4H2,2H3;/t12-;;;;/m0..../s1. The zero-order chi connectivity index (χ0) is 28.9. The summed E-state index contributed by atoms with van der Waals surface area (Å²) >= 11 is -2.81. The van der Waals surface area contributed by atoms with E-state index in [1.807, 2.05) is 19.2 Å². The number of hydrogen-bond donors (Lipinski definition) is 0. The van der Waals surface area contributed by atoms with Crippen LogP contribution >= 0.6 is 0 Å². The molecule has 0 spiro atoms. The molecule has 1 aliphatic heterocycles. The van der Waals surface area contributed by atoms with E-state index >= 15 is 0 Å². The first-order valence-corrected chi connectivity index (χ1v) is 22.2. The number of amides is 1. The minimum atomic E-state index is -4.42. The number of alkyl halides is 3. The molecule has 40 heavy (non-hydrogen) atoms. The summed E-state index contributed by atoms with van der Waals surface area (Å²) in [4.78, 5) is 20.4. The van der Waals surface area contributed by atoms with Gasteiger partial charge in [-0.05, 0) is 0 Å². The van der Waals surface area contributed by atoms with E-state index < -0.39 is 30.1 Å². The normalized spacial score (nSPS) is 15.9. The van der Waals surface area contributed by atoms with Crippen LogP contribution in [0.5, 0.6) is 0 Å². The number of rotatable bonds is 12. The van der Waals surface area contributed by atoms with Gasteiger partial charge in [0.2, 0.25) is 0 Å². The zero-order valence-electron chi connectivity index (χ0n) is 24.1. The van der Waals surface area contributed by atoms with Crippen molar-refractivity contribution in [1.29, 1.82) is 0 Å². The Kier molecular flexibility index (Phi) is 10.0. The monoisotopic (exact) mass is 662 g/mol. The Morgan fingerprint density at radius 3 is 2.10 bits per heavy atom. The molecule has 0 bridgehead atoms. The fourth-order valence-electron chi connectivity index (χ4n) is 5.92. The molecule has 3 heterocycles. The van der Waals surface area contributed by atoms with E-state index in [1.54, 1.807) is 15.8 Å². The van der Waals surface area contributed by atoms with Crippen LogP contribution in [0.3, 0.4) is 0 Å². The van der Waals surface area contributed by atoms with Gasteiger partial charge in [0.05, 0.1) is 0 Å². The number of halogens is 3. The number of hydrogen-bond acceptors (Lipinski definition) is 3. The van der Waals surface area contributed by atoms with E-state index in [-0.39, 0.29) is 11.9 Å². The Labute approximate surface area is 240 Å². The van der Waals surface area contributed by atoms with Crippen LogP contribution in [0.25, 0.3) is 11.1 Å². The third-order valence-electron chi connectivity index (χ3n) is 8.25. The fourth-order valence-corrected chi connectivity index (χ4v) is 21.4. The summed E-state index contributed by atoms with van der Waals surface area (Å²) in [5.41, 5.74) is 1.91. The topological polar surface area (TPSA) is 51.0 Å². The molecule has 0 aliphatic carbocycles. The minimum absolute atomic E-state index is 0.123. The van der Waals surface area contributed by atoms with Crippen molar-refractivity contribution in [3.05, 3.63) is 60.0 Å². The van der Waals surface area contributed by atoms with E-state index in [4.69, 9.17) is 4.98 Å². The average Bonchev–Trinajstić information content (AvgIpc) is 3.41. The summed E-state index contributed by atoms with van der Waals surface area (Å²) in [5, 5.41) is 4.60. The third-order valence-corrected chi connectivity index (χ3v) is 23.4. The molecule has 0 radical (unpaired) electrons. The molecule has 1 amide bonds. The molecule has 0 N–H and O–H groups in total. The van der Waals surface area contributed by atoms with Crippen molar-refractivity contribution in [1.82, 2.24) is 14.8 Å². The van der Waals surface area contributed by atoms with E-state index in [0.717, 1.165) is 23.3 Å². The van der Waals surface area contributed by atoms with Crippen molar-refractivity contribution >= 4 is 33.7 Å². The van der Waals surface area contributed by atoms with Crippen LogP contribution in [-0.2, 0) is 6.18 Å². The molecule has 0 unspecified atom stereocenters. The summed E-state index contributed by atoms with van der Waals surface area (Å²) in [6.45, 7) is 9.09. The number of anilines is 1. The van der Waals surface area contributed by atoms with Crippen molar-refractivity contribution in [2.24, 2.45) is 0 Å².